The summed E-state index contributed by atoms with van der Waals surface area (Å²) in [6, 6.07) is 18.2. The van der Waals surface area contributed by atoms with E-state index >= 15 is 0 Å². The molecule has 0 aliphatic rings. The van der Waals surface area contributed by atoms with Crippen LogP contribution in [0.1, 0.15) is 55.4 Å². The Kier molecular flexibility index (Phi) is 12.8. The third kappa shape index (κ3) is 7.72. The van der Waals surface area contributed by atoms with E-state index < -0.39 is 0 Å². The molecule has 0 unspecified atom stereocenters. The Bertz CT molecular complexity index is 657. The van der Waals surface area contributed by atoms with Crippen LogP contribution >= 0.6 is 25.5 Å². The predicted octanol–water partition coefficient (Wildman–Crippen LogP) is 5.61. The minimum atomic E-state index is -0.167. The second-order valence-corrected chi connectivity index (χ2v) is 15.2. The number of hydrogen-bond donors (Lipinski definition) is 0. The maximum absolute atomic E-state index is 4.57. The van der Waals surface area contributed by atoms with E-state index in [1.165, 1.54) is 10.9 Å². The van der Waals surface area contributed by atoms with Gasteiger partial charge in [0.05, 0.1) is 0 Å². The van der Waals surface area contributed by atoms with Crippen molar-refractivity contribution in [2.24, 2.45) is 0 Å². The van der Waals surface area contributed by atoms with Crippen molar-refractivity contribution < 1.29 is 17.3 Å². The molecule has 0 nitrogen and oxygen atoms in total. The summed E-state index contributed by atoms with van der Waals surface area (Å²) in [4.78, 5) is 0. The van der Waals surface area contributed by atoms with E-state index in [4.69, 9.17) is 0 Å². The molecule has 0 fully saturated rings. The molecule has 0 aliphatic carbocycles. The van der Waals surface area contributed by atoms with E-state index in [2.05, 4.69) is 121 Å². The minimum absolute atomic E-state index is 0.167. The Balaban J connectivity index is 0.00000204. The number of rotatable bonds is 8. The molecule has 2 aromatic carbocycles. The topological polar surface area (TPSA) is 0 Å². The molecule has 0 bridgehead atoms. The van der Waals surface area contributed by atoms with E-state index in [-0.39, 0.29) is 15.8 Å². The van der Waals surface area contributed by atoms with Crippen molar-refractivity contribution in [2.75, 3.05) is 0 Å². The standard InChI is InChI=1S/C24H36BP2.ClH.Rh.H/c1-17(2)26(18(3)4)23-15-11-9-13-21(23)25-22-14-10-12-16-24(22)27(19(5)6)20(7)8;;;/h9-20H,1-8H3;1H;;/q;;+1;/p-1. The van der Waals surface area contributed by atoms with Crippen molar-refractivity contribution in [1.82, 2.24) is 0 Å². The fourth-order valence-corrected chi connectivity index (χ4v) is 10.2. The van der Waals surface area contributed by atoms with Gasteiger partial charge in [-0.2, -0.15) is 0 Å². The summed E-state index contributed by atoms with van der Waals surface area (Å²) in [6.07, 6.45) is 0. The van der Waals surface area contributed by atoms with Crippen molar-refractivity contribution in [3.8, 4) is 0 Å². The van der Waals surface area contributed by atoms with Crippen molar-refractivity contribution >= 4 is 54.3 Å². The van der Waals surface area contributed by atoms with Crippen molar-refractivity contribution in [3.05, 3.63) is 48.5 Å². The normalized spacial score (nSPS) is 11.6. The fourth-order valence-electron chi connectivity index (χ4n) is 4.16. The summed E-state index contributed by atoms with van der Waals surface area (Å²) in [6.45, 7) is 19.1. The first-order valence-corrected chi connectivity index (χ1v) is 15.7. The van der Waals surface area contributed by atoms with Gasteiger partial charge in [-0.3, -0.25) is 0 Å². The summed E-state index contributed by atoms with van der Waals surface area (Å²) in [7, 11) is 6.70. The molecule has 29 heavy (non-hydrogen) atoms. The Hall–Kier alpha value is 0.278. The molecule has 0 amide bonds. The summed E-state index contributed by atoms with van der Waals surface area (Å²) in [5, 5.41) is 3.12. The van der Waals surface area contributed by atoms with Gasteiger partial charge >= 0.3 is 27.0 Å². The Morgan fingerprint density at radius 3 is 1.14 bits per heavy atom. The molecular formula is C24H37BClP2Rh. The Morgan fingerprint density at radius 1 is 0.586 bits per heavy atom. The fraction of sp³-hybridized carbons (Fsp3) is 0.500. The molecule has 0 saturated carbocycles. The third-order valence-corrected chi connectivity index (χ3v) is 11.3. The molecule has 0 aromatic heterocycles. The number of benzene rings is 2. The van der Waals surface area contributed by atoms with Gasteiger partial charge in [0, 0.05) is 0 Å². The average Bonchev–Trinajstić information content (AvgIpc) is 2.65. The van der Waals surface area contributed by atoms with Crippen molar-refractivity contribution in [1.29, 1.82) is 0 Å². The van der Waals surface area contributed by atoms with Crippen LogP contribution in [0.2, 0.25) is 0 Å². The van der Waals surface area contributed by atoms with Crippen molar-refractivity contribution in [2.45, 2.75) is 78.0 Å². The van der Waals surface area contributed by atoms with Crippen LogP contribution in [0.4, 0.5) is 0 Å². The molecular weight excluding hydrogens is 499 g/mol. The molecule has 0 atom stereocenters. The average molecular weight is 537 g/mol. The molecule has 0 aliphatic heterocycles. The summed E-state index contributed by atoms with van der Waals surface area (Å²) < 4.78 is 0. The van der Waals surface area contributed by atoms with Gasteiger partial charge in [0.25, 0.3) is 0 Å². The van der Waals surface area contributed by atoms with Crippen molar-refractivity contribution in [3.63, 3.8) is 0 Å². The van der Waals surface area contributed by atoms with Gasteiger partial charge in [0.2, 0.25) is 0 Å². The zero-order valence-corrected chi connectivity index (χ0v) is 23.4. The molecule has 0 spiro atoms. The number of hydrogen-bond acceptors (Lipinski definition) is 0. The van der Waals surface area contributed by atoms with Crippen LogP contribution in [0, 0.1) is 0 Å². The van der Waals surface area contributed by atoms with E-state index in [1.54, 1.807) is 10.6 Å². The second-order valence-electron chi connectivity index (χ2n) is 8.45. The zero-order valence-electron chi connectivity index (χ0n) is 19.1. The van der Waals surface area contributed by atoms with Gasteiger partial charge in [0.1, 0.15) is 0 Å². The van der Waals surface area contributed by atoms with Gasteiger partial charge in [-0.15, -0.1) is 0 Å². The summed E-state index contributed by atoms with van der Waals surface area (Å²) >= 11 is 1.82. The molecule has 2 rings (SSSR count). The van der Waals surface area contributed by atoms with Crippen LogP contribution in [-0.4, -0.2) is 29.9 Å². The molecule has 2 aromatic rings. The second kappa shape index (κ2) is 13.6. The van der Waals surface area contributed by atoms with Gasteiger partial charge < -0.3 is 0 Å². The van der Waals surface area contributed by atoms with E-state index in [9.17, 15) is 0 Å². The van der Waals surface area contributed by atoms with Gasteiger partial charge in [-0.05, 0) is 33.2 Å². The monoisotopic (exact) mass is 536 g/mol. The van der Waals surface area contributed by atoms with Gasteiger partial charge in [-0.25, -0.2) is 0 Å². The molecule has 1 radical (unpaired) electrons. The molecule has 5 heteroatoms. The van der Waals surface area contributed by atoms with Crippen LogP contribution in [0.25, 0.3) is 0 Å². The van der Waals surface area contributed by atoms with Crippen LogP contribution in [0.3, 0.4) is 0 Å². The molecule has 162 valence electrons. The molecule has 0 N–H and O–H groups in total. The van der Waals surface area contributed by atoms with Crippen LogP contribution in [-0.2, 0) is 17.3 Å². The van der Waals surface area contributed by atoms with E-state index in [0.717, 1.165) is 0 Å². The SMILES string of the molecule is CC(C)P(c1ccccc1[B]c1ccccc1P(C(C)C)C(C)C)C(C)C.[Cl][RhH]. The van der Waals surface area contributed by atoms with Crippen LogP contribution < -0.4 is 21.5 Å². The van der Waals surface area contributed by atoms with Crippen LogP contribution in [0.5, 0.6) is 0 Å². The van der Waals surface area contributed by atoms with Crippen LogP contribution in [0.15, 0.2) is 48.5 Å². The maximum atomic E-state index is 4.57. The summed E-state index contributed by atoms with van der Waals surface area (Å²) in [5.74, 6) is 0. The quantitative estimate of drug-likeness (QED) is 0.304. The predicted molar refractivity (Wildman–Crippen MR) is 139 cm³/mol. The first kappa shape index (κ1) is 27.3. The first-order valence-electron chi connectivity index (χ1n) is 10.5. The van der Waals surface area contributed by atoms with E-state index in [0.29, 0.717) is 22.6 Å². The third-order valence-electron chi connectivity index (χ3n) is 4.97. The van der Waals surface area contributed by atoms with E-state index in [1.807, 2.05) is 17.3 Å². The molecule has 0 heterocycles. The zero-order chi connectivity index (χ0) is 22.1. The molecule has 0 saturated heterocycles. The van der Waals surface area contributed by atoms with Gasteiger partial charge in [-0.1, -0.05) is 131 Å². The first-order chi connectivity index (χ1) is 13.7. The Labute approximate surface area is 197 Å². The Morgan fingerprint density at radius 2 is 0.862 bits per heavy atom. The summed E-state index contributed by atoms with van der Waals surface area (Å²) in [5.41, 5.74) is 5.64. The van der Waals surface area contributed by atoms with Gasteiger partial charge in [0.15, 0.2) is 7.28 Å². The number of halogens is 1.